The number of carbonyl (C=O) groups is 4. The molecule has 2 saturated heterocycles. The topological polar surface area (TPSA) is 109 Å². The highest BCUT2D eigenvalue weighted by Crippen LogP contribution is 2.63. The summed E-state index contributed by atoms with van der Waals surface area (Å²) in [5.74, 6) is -3.94. The van der Waals surface area contributed by atoms with Gasteiger partial charge in [0, 0.05) is 46.2 Å². The largest absolute Gasteiger partial charge is 0.492 e. The average molecular weight is 649 g/mol. The van der Waals surface area contributed by atoms with Gasteiger partial charge in [-0.15, -0.1) is 16.4 Å². The van der Waals surface area contributed by atoms with Crippen LogP contribution in [0.4, 0.5) is 18.9 Å². The van der Waals surface area contributed by atoms with Gasteiger partial charge < -0.3 is 10.2 Å². The molecule has 2 aliphatic heterocycles. The number of amides is 3. The number of rotatable bonds is 6. The number of thiophene rings is 1. The number of pyridine rings is 1. The van der Waals surface area contributed by atoms with Gasteiger partial charge in [0.25, 0.3) is 0 Å². The average Bonchev–Trinajstić information content (AvgIpc) is 3.19. The molecular formula is C30H28ClF3N4O5S. The monoisotopic (exact) mass is 648 g/mol. The lowest BCUT2D eigenvalue weighted by Gasteiger charge is -2.30. The van der Waals surface area contributed by atoms with Gasteiger partial charge in [-0.05, 0) is 55.0 Å². The Morgan fingerprint density at radius 2 is 1.77 bits per heavy atom. The van der Waals surface area contributed by atoms with Crippen LogP contribution in [0.2, 0.25) is 5.02 Å². The van der Waals surface area contributed by atoms with Crippen LogP contribution in [-0.2, 0) is 30.6 Å². The number of imide groups is 1. The van der Waals surface area contributed by atoms with Crippen LogP contribution in [-0.4, -0.2) is 57.9 Å². The molecular weight excluding hydrogens is 621 g/mol. The number of carbonyl (C=O) groups excluding carboxylic acids is 4. The molecule has 3 amide bonds. The molecule has 1 aliphatic carbocycles. The fraction of sp³-hybridized carbons (Fsp3) is 0.433. The maximum absolute atomic E-state index is 13.3. The quantitative estimate of drug-likeness (QED) is 0.340. The maximum atomic E-state index is 13.3. The van der Waals surface area contributed by atoms with E-state index in [2.05, 4.69) is 15.1 Å². The third kappa shape index (κ3) is 5.34. The summed E-state index contributed by atoms with van der Waals surface area (Å²) in [7, 11) is 0. The molecule has 232 valence electrons. The Hall–Kier alpha value is -3.55. The van der Waals surface area contributed by atoms with Crippen LogP contribution in [0.25, 0.3) is 21.3 Å². The summed E-state index contributed by atoms with van der Waals surface area (Å²) in [6, 6.07) is 7.12. The van der Waals surface area contributed by atoms with E-state index in [9.17, 15) is 32.3 Å². The zero-order valence-corrected chi connectivity index (χ0v) is 25.5. The predicted molar refractivity (Wildman–Crippen MR) is 156 cm³/mol. The molecule has 2 atom stereocenters. The summed E-state index contributed by atoms with van der Waals surface area (Å²) in [4.78, 5) is 61.3. The Morgan fingerprint density at radius 1 is 1.11 bits per heavy atom. The zero-order chi connectivity index (χ0) is 31.7. The highest BCUT2D eigenvalue weighted by molar-refractivity contribution is 7.19. The molecule has 14 heteroatoms. The summed E-state index contributed by atoms with van der Waals surface area (Å²) in [5, 5.41) is 4.37. The number of alkyl halides is 3. The summed E-state index contributed by atoms with van der Waals surface area (Å²) in [6.07, 6.45) is -3.07. The first-order chi connectivity index (χ1) is 20.7. The number of piperidine rings is 2. The Morgan fingerprint density at radius 3 is 2.41 bits per heavy atom. The fourth-order valence-electron chi connectivity index (χ4n) is 6.32. The van der Waals surface area contributed by atoms with Gasteiger partial charge in [0.2, 0.25) is 17.7 Å². The minimum absolute atomic E-state index is 0.0175. The summed E-state index contributed by atoms with van der Waals surface area (Å²) in [5.41, 5.74) is 3.01. The van der Waals surface area contributed by atoms with Crippen LogP contribution in [0, 0.1) is 30.1 Å². The van der Waals surface area contributed by atoms with Gasteiger partial charge in [0.05, 0.1) is 34.3 Å². The summed E-state index contributed by atoms with van der Waals surface area (Å²) < 4.78 is 38.4. The zero-order valence-electron chi connectivity index (χ0n) is 24.0. The highest BCUT2D eigenvalue weighted by Gasteiger charge is 2.72. The van der Waals surface area contributed by atoms with E-state index in [-0.39, 0.29) is 67.4 Å². The third-order valence-electron chi connectivity index (χ3n) is 8.78. The van der Waals surface area contributed by atoms with Gasteiger partial charge in [0.1, 0.15) is 0 Å². The van der Waals surface area contributed by atoms with Crippen molar-refractivity contribution in [1.82, 2.24) is 14.9 Å². The van der Waals surface area contributed by atoms with Gasteiger partial charge in [-0.2, -0.15) is 13.2 Å². The molecule has 1 aromatic carbocycles. The first-order valence-electron chi connectivity index (χ1n) is 14.0. The van der Waals surface area contributed by atoms with Crippen LogP contribution in [0.15, 0.2) is 30.5 Å². The molecule has 3 aromatic rings. The van der Waals surface area contributed by atoms with Crippen molar-refractivity contribution in [3.63, 3.8) is 0 Å². The van der Waals surface area contributed by atoms with Crippen LogP contribution >= 0.6 is 22.9 Å². The minimum Gasteiger partial charge on any atom is -0.361 e. The molecule has 2 aromatic heterocycles. The molecule has 44 heavy (non-hydrogen) atoms. The fourth-order valence-corrected chi connectivity index (χ4v) is 7.72. The lowest BCUT2D eigenvalue weighted by Crippen LogP contribution is -2.42. The van der Waals surface area contributed by atoms with E-state index in [1.54, 1.807) is 31.3 Å². The normalized spacial score (nSPS) is 21.9. The second kappa shape index (κ2) is 10.8. The van der Waals surface area contributed by atoms with Crippen molar-refractivity contribution in [3.8, 4) is 11.1 Å². The number of hydroxylamine groups is 2. The number of halogens is 4. The van der Waals surface area contributed by atoms with Crippen LogP contribution in [0.5, 0.6) is 0 Å². The molecule has 0 spiro atoms. The lowest BCUT2D eigenvalue weighted by atomic mass is 9.95. The maximum Gasteiger partial charge on any atom is 0.492 e. The Balaban J connectivity index is 1.22. The third-order valence-corrected chi connectivity index (χ3v) is 10.1. The summed E-state index contributed by atoms with van der Waals surface area (Å²) >= 11 is 7.86. The molecule has 9 nitrogen and oxygen atoms in total. The first kappa shape index (κ1) is 30.5. The van der Waals surface area contributed by atoms with Crippen molar-refractivity contribution < 1.29 is 37.2 Å². The number of fused-ring (bicyclic) bond motifs is 2. The SMILES string of the molecule is Cc1cc(Cl)cc(-c2ccnc3cc(CN4C(=O)C5C(C4=O)C5(C)C)sc23)c1NC(=O)C1CCN(OC(=O)C(F)(F)F)CC1. The number of hydrogen-bond donors (Lipinski definition) is 1. The molecule has 4 heterocycles. The van der Waals surface area contributed by atoms with E-state index < -0.39 is 18.1 Å². The van der Waals surface area contributed by atoms with Crippen LogP contribution in [0.1, 0.15) is 37.1 Å². The van der Waals surface area contributed by atoms with E-state index in [4.69, 9.17) is 11.6 Å². The van der Waals surface area contributed by atoms with E-state index in [0.717, 1.165) is 20.2 Å². The molecule has 1 N–H and O–H groups in total. The first-order valence-corrected chi connectivity index (χ1v) is 15.2. The Kier molecular flexibility index (Phi) is 7.49. The van der Waals surface area contributed by atoms with E-state index >= 15 is 0 Å². The minimum atomic E-state index is -5.10. The standard InChI is InChI=1S/C30H28ClF3N4O5S/c1-14-10-16(31)11-19(23(14)36-25(39)15-5-8-37(9-6-15)43-28(42)30(32,33)34)18-4-7-35-20-12-17(44-24(18)20)13-38-26(40)21-22(27(38)41)29(21,2)3/h4,7,10-12,15,21-22H,5-6,8-9,13H2,1-3H3,(H,36,39). The number of benzene rings is 1. The molecule has 2 unspecified atom stereocenters. The highest BCUT2D eigenvalue weighted by atomic mass is 35.5. The van der Waals surface area contributed by atoms with E-state index in [1.807, 2.05) is 19.9 Å². The summed E-state index contributed by atoms with van der Waals surface area (Å²) in [6.45, 7) is 5.81. The number of nitrogens with one attached hydrogen (secondary N) is 1. The van der Waals surface area contributed by atoms with Crippen molar-refractivity contribution in [2.75, 3.05) is 18.4 Å². The van der Waals surface area contributed by atoms with Gasteiger partial charge in [-0.1, -0.05) is 25.4 Å². The molecule has 3 aliphatic rings. The Bertz CT molecular complexity index is 1690. The second-order valence-electron chi connectivity index (χ2n) is 12.0. The predicted octanol–water partition coefficient (Wildman–Crippen LogP) is 5.74. The van der Waals surface area contributed by atoms with E-state index in [0.29, 0.717) is 27.4 Å². The van der Waals surface area contributed by atoms with E-state index in [1.165, 1.54) is 16.2 Å². The molecule has 0 bridgehead atoms. The lowest BCUT2D eigenvalue weighted by molar-refractivity contribution is -0.242. The molecule has 3 fully saturated rings. The Labute approximate surface area is 259 Å². The number of likely N-dealkylation sites (tertiary alicyclic amines) is 1. The second-order valence-corrected chi connectivity index (χ2v) is 13.6. The van der Waals surface area contributed by atoms with Crippen molar-refractivity contribution in [2.24, 2.45) is 23.2 Å². The van der Waals surface area contributed by atoms with Gasteiger partial charge in [-0.25, -0.2) is 4.79 Å². The van der Waals surface area contributed by atoms with Crippen molar-refractivity contribution >= 4 is 62.5 Å². The van der Waals surface area contributed by atoms with Crippen LogP contribution in [0.3, 0.4) is 0 Å². The number of hydrogen-bond acceptors (Lipinski definition) is 8. The van der Waals surface area contributed by atoms with Gasteiger partial charge in [0.15, 0.2) is 0 Å². The van der Waals surface area contributed by atoms with Crippen molar-refractivity contribution in [1.29, 1.82) is 0 Å². The van der Waals surface area contributed by atoms with Gasteiger partial charge in [-0.3, -0.25) is 24.3 Å². The number of aromatic nitrogens is 1. The smallest absolute Gasteiger partial charge is 0.361 e. The number of aryl methyl sites for hydroxylation is 1. The molecule has 0 radical (unpaired) electrons. The molecule has 1 saturated carbocycles. The van der Waals surface area contributed by atoms with Gasteiger partial charge >= 0.3 is 12.1 Å². The van der Waals surface area contributed by atoms with Crippen molar-refractivity contribution in [3.05, 3.63) is 45.9 Å². The number of anilines is 1. The number of nitrogens with zero attached hydrogens (tertiary/aromatic N) is 3. The van der Waals surface area contributed by atoms with Crippen molar-refractivity contribution in [2.45, 2.75) is 46.3 Å². The van der Waals surface area contributed by atoms with Crippen LogP contribution < -0.4 is 5.32 Å². The molecule has 6 rings (SSSR count).